The molecule has 0 radical (unpaired) electrons. The average Bonchev–Trinajstić information content (AvgIpc) is 2.92. The fraction of sp³-hybridized carbons (Fsp3) is 0.364. The van der Waals surface area contributed by atoms with Gasteiger partial charge in [-0.1, -0.05) is 0 Å². The maximum absolute atomic E-state index is 12.4. The molecule has 1 atom stereocenters. The molecule has 1 aromatic heterocycles. The van der Waals surface area contributed by atoms with Crippen LogP contribution in [-0.4, -0.2) is 42.1 Å². The summed E-state index contributed by atoms with van der Waals surface area (Å²) in [6, 6.07) is 4.50. The first-order valence-corrected chi connectivity index (χ1v) is 7.28. The van der Waals surface area contributed by atoms with E-state index in [2.05, 4.69) is 9.97 Å². The molecular weight excluding hydrogens is 270 g/mol. The third-order valence-corrected chi connectivity index (χ3v) is 5.12. The predicted octanol–water partition coefficient (Wildman–Crippen LogP) is 0.223. The van der Waals surface area contributed by atoms with Gasteiger partial charge in [-0.15, -0.1) is 0 Å². The SMILES string of the molecule is CC1OCCN1S(=O)(=O)c1ccc2[nH]c(=O)[nH]c2c1. The molecule has 1 aliphatic rings. The molecule has 2 N–H and O–H groups in total. The van der Waals surface area contributed by atoms with Crippen LogP contribution < -0.4 is 5.69 Å². The zero-order valence-corrected chi connectivity index (χ0v) is 11.0. The van der Waals surface area contributed by atoms with Crippen LogP contribution in [0.3, 0.4) is 0 Å². The van der Waals surface area contributed by atoms with Gasteiger partial charge in [0.15, 0.2) is 0 Å². The maximum Gasteiger partial charge on any atom is 0.323 e. The first-order valence-electron chi connectivity index (χ1n) is 5.84. The second-order valence-corrected chi connectivity index (χ2v) is 6.26. The number of nitrogens with zero attached hydrogens (tertiary/aromatic N) is 1. The third-order valence-electron chi connectivity index (χ3n) is 3.17. The van der Waals surface area contributed by atoms with Crippen molar-refractivity contribution in [3.05, 3.63) is 28.7 Å². The van der Waals surface area contributed by atoms with Crippen molar-refractivity contribution in [2.75, 3.05) is 13.2 Å². The van der Waals surface area contributed by atoms with Crippen molar-refractivity contribution in [2.45, 2.75) is 18.0 Å². The Morgan fingerprint density at radius 2 is 2.05 bits per heavy atom. The number of nitrogens with one attached hydrogen (secondary N) is 2. The van der Waals surface area contributed by atoms with E-state index in [-0.39, 0.29) is 10.6 Å². The predicted molar refractivity (Wildman–Crippen MR) is 68.2 cm³/mol. The Morgan fingerprint density at radius 1 is 1.32 bits per heavy atom. The average molecular weight is 283 g/mol. The van der Waals surface area contributed by atoms with E-state index in [1.807, 2.05) is 0 Å². The molecule has 8 heteroatoms. The van der Waals surface area contributed by atoms with Crippen LogP contribution in [0, 0.1) is 0 Å². The van der Waals surface area contributed by atoms with Crippen molar-refractivity contribution < 1.29 is 13.2 Å². The summed E-state index contributed by atoms with van der Waals surface area (Å²) in [5.41, 5.74) is 0.691. The number of sulfonamides is 1. The van der Waals surface area contributed by atoms with Crippen LogP contribution in [0.5, 0.6) is 0 Å². The second-order valence-electron chi connectivity index (χ2n) is 4.37. The molecule has 1 unspecified atom stereocenters. The number of imidazole rings is 1. The number of hydrogen-bond donors (Lipinski definition) is 2. The van der Waals surface area contributed by atoms with Gasteiger partial charge >= 0.3 is 5.69 Å². The van der Waals surface area contributed by atoms with Gasteiger partial charge in [0.05, 0.1) is 22.5 Å². The largest absolute Gasteiger partial charge is 0.361 e. The highest BCUT2D eigenvalue weighted by Crippen LogP contribution is 2.23. The molecule has 3 rings (SSSR count). The first-order chi connectivity index (χ1) is 8.98. The molecule has 0 spiro atoms. The summed E-state index contributed by atoms with van der Waals surface area (Å²) in [4.78, 5) is 16.4. The van der Waals surface area contributed by atoms with Crippen LogP contribution in [0.1, 0.15) is 6.92 Å². The van der Waals surface area contributed by atoms with E-state index >= 15 is 0 Å². The summed E-state index contributed by atoms with van der Waals surface area (Å²) in [5.74, 6) is 0. The molecule has 1 saturated heterocycles. The second kappa shape index (κ2) is 4.19. The van der Waals surface area contributed by atoms with Gasteiger partial charge in [0.25, 0.3) is 0 Å². The number of rotatable bonds is 2. The van der Waals surface area contributed by atoms with Crippen LogP contribution in [0.15, 0.2) is 27.9 Å². The molecule has 2 aromatic rings. The zero-order chi connectivity index (χ0) is 13.6. The maximum atomic E-state index is 12.4. The molecule has 19 heavy (non-hydrogen) atoms. The molecule has 1 aromatic carbocycles. The topological polar surface area (TPSA) is 95.3 Å². The molecule has 0 bridgehead atoms. The van der Waals surface area contributed by atoms with Gasteiger partial charge in [0.1, 0.15) is 6.23 Å². The standard InChI is InChI=1S/C11H13N3O4S/c1-7-14(4-5-18-7)19(16,17)8-2-3-9-10(6-8)13-11(15)12-9/h2-3,6-7H,4-5H2,1H3,(H2,12,13,15). The molecule has 0 saturated carbocycles. The Balaban J connectivity index is 2.10. The van der Waals surface area contributed by atoms with Gasteiger partial charge in [-0.05, 0) is 25.1 Å². The minimum Gasteiger partial charge on any atom is -0.361 e. The minimum absolute atomic E-state index is 0.146. The van der Waals surface area contributed by atoms with Gasteiger partial charge in [0.2, 0.25) is 10.0 Å². The Morgan fingerprint density at radius 3 is 2.74 bits per heavy atom. The number of hydrogen-bond acceptors (Lipinski definition) is 4. The number of benzene rings is 1. The van der Waals surface area contributed by atoms with Crippen molar-refractivity contribution in [1.29, 1.82) is 0 Å². The van der Waals surface area contributed by atoms with Crippen molar-refractivity contribution in [1.82, 2.24) is 14.3 Å². The first kappa shape index (κ1) is 12.4. The molecule has 1 aliphatic heterocycles. The highest BCUT2D eigenvalue weighted by atomic mass is 32.2. The van der Waals surface area contributed by atoms with E-state index < -0.39 is 16.3 Å². The van der Waals surface area contributed by atoms with Crippen LogP contribution in [-0.2, 0) is 14.8 Å². The molecular formula is C11H13N3O4S. The molecule has 2 heterocycles. The smallest absolute Gasteiger partial charge is 0.323 e. The van der Waals surface area contributed by atoms with E-state index in [1.165, 1.54) is 16.4 Å². The molecule has 7 nitrogen and oxygen atoms in total. The lowest BCUT2D eigenvalue weighted by Crippen LogP contribution is -2.34. The van der Waals surface area contributed by atoms with Crippen LogP contribution in [0.4, 0.5) is 0 Å². The summed E-state index contributed by atoms with van der Waals surface area (Å²) >= 11 is 0. The number of H-pyrrole nitrogens is 2. The highest BCUT2D eigenvalue weighted by Gasteiger charge is 2.33. The zero-order valence-electron chi connectivity index (χ0n) is 10.2. The lowest BCUT2D eigenvalue weighted by molar-refractivity contribution is 0.0846. The van der Waals surface area contributed by atoms with Gasteiger partial charge in [-0.2, -0.15) is 4.31 Å². The van der Waals surface area contributed by atoms with Crippen molar-refractivity contribution in [3.8, 4) is 0 Å². The fourth-order valence-corrected chi connectivity index (χ4v) is 3.75. The summed E-state index contributed by atoms with van der Waals surface area (Å²) in [6.07, 6.45) is -0.467. The summed E-state index contributed by atoms with van der Waals surface area (Å²) in [5, 5.41) is 0. The number of aromatic nitrogens is 2. The van der Waals surface area contributed by atoms with E-state index in [9.17, 15) is 13.2 Å². The van der Waals surface area contributed by atoms with Gasteiger partial charge in [-0.25, -0.2) is 13.2 Å². The normalized spacial score (nSPS) is 21.2. The van der Waals surface area contributed by atoms with Crippen LogP contribution in [0.2, 0.25) is 0 Å². The lowest BCUT2D eigenvalue weighted by atomic mass is 10.3. The van der Waals surface area contributed by atoms with E-state index in [1.54, 1.807) is 13.0 Å². The Hall–Kier alpha value is -1.64. The van der Waals surface area contributed by atoms with Gasteiger partial charge in [0, 0.05) is 6.54 Å². The van der Waals surface area contributed by atoms with Crippen molar-refractivity contribution in [2.24, 2.45) is 0 Å². The molecule has 102 valence electrons. The Kier molecular flexibility index (Phi) is 2.73. The Labute approximate surface area is 109 Å². The summed E-state index contributed by atoms with van der Waals surface area (Å²) < 4.78 is 31.4. The molecule has 0 aliphatic carbocycles. The van der Waals surface area contributed by atoms with Crippen molar-refractivity contribution >= 4 is 21.1 Å². The van der Waals surface area contributed by atoms with Crippen LogP contribution in [0.25, 0.3) is 11.0 Å². The highest BCUT2D eigenvalue weighted by molar-refractivity contribution is 7.89. The van der Waals surface area contributed by atoms with Crippen LogP contribution >= 0.6 is 0 Å². The quantitative estimate of drug-likeness (QED) is 0.824. The number of aromatic amines is 2. The number of ether oxygens (including phenoxy) is 1. The van der Waals surface area contributed by atoms with Crippen molar-refractivity contribution in [3.63, 3.8) is 0 Å². The lowest BCUT2D eigenvalue weighted by Gasteiger charge is -2.19. The van der Waals surface area contributed by atoms with E-state index in [0.29, 0.717) is 24.2 Å². The van der Waals surface area contributed by atoms with Gasteiger partial charge < -0.3 is 14.7 Å². The number of fused-ring (bicyclic) bond motifs is 1. The van der Waals surface area contributed by atoms with E-state index in [4.69, 9.17) is 4.74 Å². The molecule has 0 amide bonds. The fourth-order valence-electron chi connectivity index (χ4n) is 2.20. The summed E-state index contributed by atoms with van der Waals surface area (Å²) in [6.45, 7) is 2.43. The molecule has 1 fully saturated rings. The minimum atomic E-state index is -3.60. The van der Waals surface area contributed by atoms with E-state index in [0.717, 1.165) is 0 Å². The Bertz CT molecular complexity index is 777. The van der Waals surface area contributed by atoms with Gasteiger partial charge in [-0.3, -0.25) is 0 Å². The third kappa shape index (κ3) is 1.97. The summed E-state index contributed by atoms with van der Waals surface area (Å²) in [7, 11) is -3.60. The monoisotopic (exact) mass is 283 g/mol.